The number of nitrogens with one attached hydrogen (secondary N) is 3. The molecule has 1 aliphatic heterocycles. The Kier molecular flexibility index (Phi) is 4.26. The van der Waals surface area contributed by atoms with Crippen LogP contribution in [0.15, 0.2) is 0 Å². The Morgan fingerprint density at radius 3 is 2.81 bits per heavy atom. The van der Waals surface area contributed by atoms with Crippen LogP contribution < -0.4 is 16.0 Å². The van der Waals surface area contributed by atoms with E-state index in [1.54, 1.807) is 0 Å². The van der Waals surface area contributed by atoms with Gasteiger partial charge in [0.15, 0.2) is 0 Å². The van der Waals surface area contributed by atoms with Crippen molar-refractivity contribution in [3.63, 3.8) is 0 Å². The van der Waals surface area contributed by atoms with Crippen molar-refractivity contribution in [1.82, 2.24) is 16.0 Å². The smallest absolute Gasteiger partial charge is 0.238 e. The van der Waals surface area contributed by atoms with Gasteiger partial charge in [0.25, 0.3) is 0 Å². The van der Waals surface area contributed by atoms with Gasteiger partial charge in [-0.15, -0.1) is 0 Å². The minimum Gasteiger partial charge on any atom is -0.396 e. The average molecular weight is 229 g/mol. The number of amides is 2. The molecule has 1 atom stereocenters. The molecule has 16 heavy (non-hydrogen) atoms. The molecule has 1 heterocycles. The van der Waals surface area contributed by atoms with E-state index in [0.29, 0.717) is 13.1 Å². The molecule has 0 aromatic heterocycles. The van der Waals surface area contributed by atoms with Crippen LogP contribution in [0.4, 0.5) is 0 Å². The highest BCUT2D eigenvalue weighted by Gasteiger charge is 2.25. The van der Waals surface area contributed by atoms with Gasteiger partial charge in [0.05, 0.1) is 6.54 Å². The highest BCUT2D eigenvalue weighted by atomic mass is 16.3. The fraction of sp³-hybridized carbons (Fsp3) is 0.800. The van der Waals surface area contributed by atoms with E-state index in [2.05, 4.69) is 16.0 Å². The lowest BCUT2D eigenvalue weighted by Gasteiger charge is -2.26. The molecule has 0 saturated carbocycles. The lowest BCUT2D eigenvalue weighted by atomic mass is 9.95. The summed E-state index contributed by atoms with van der Waals surface area (Å²) >= 11 is 0. The number of carbonyl (C=O) groups excluding carboxylic acids is 2. The molecule has 0 spiro atoms. The summed E-state index contributed by atoms with van der Waals surface area (Å²) in [5.74, 6) is -0.249. The minimum absolute atomic E-state index is 0.0160. The largest absolute Gasteiger partial charge is 0.396 e. The Hall–Kier alpha value is -1.14. The molecule has 6 heteroatoms. The number of piperazine rings is 1. The van der Waals surface area contributed by atoms with Crippen LogP contribution in [0.5, 0.6) is 0 Å². The van der Waals surface area contributed by atoms with Gasteiger partial charge in [-0.2, -0.15) is 0 Å². The summed E-state index contributed by atoms with van der Waals surface area (Å²) < 4.78 is 0. The molecule has 0 aromatic rings. The first kappa shape index (κ1) is 12.9. The second-order valence-electron chi connectivity index (χ2n) is 4.78. The molecule has 1 unspecified atom stereocenters. The number of hydrogen-bond acceptors (Lipinski definition) is 4. The molecule has 6 nitrogen and oxygen atoms in total. The Balaban J connectivity index is 2.33. The van der Waals surface area contributed by atoms with E-state index in [4.69, 9.17) is 5.11 Å². The second-order valence-corrected chi connectivity index (χ2v) is 4.78. The van der Waals surface area contributed by atoms with Gasteiger partial charge < -0.3 is 15.7 Å². The maximum atomic E-state index is 11.7. The van der Waals surface area contributed by atoms with Crippen LogP contribution in [0.3, 0.4) is 0 Å². The van der Waals surface area contributed by atoms with Crippen LogP contribution in [0.1, 0.15) is 13.8 Å². The maximum Gasteiger partial charge on any atom is 0.238 e. The number of rotatable bonds is 4. The van der Waals surface area contributed by atoms with Gasteiger partial charge in [-0.3, -0.25) is 14.9 Å². The molecular formula is C10H19N3O3. The van der Waals surface area contributed by atoms with Crippen LogP contribution in [-0.4, -0.2) is 49.2 Å². The monoisotopic (exact) mass is 229 g/mol. The normalized spacial score (nSPS) is 21.4. The molecule has 4 N–H and O–H groups in total. The molecule has 1 aliphatic rings. The summed E-state index contributed by atoms with van der Waals surface area (Å²) in [7, 11) is 0. The SMILES string of the molecule is CC(C)(CO)CNC(=O)C1CNC(=O)CN1. The fourth-order valence-electron chi connectivity index (χ4n) is 1.26. The third-order valence-corrected chi connectivity index (χ3v) is 2.50. The van der Waals surface area contributed by atoms with E-state index >= 15 is 0 Å². The van der Waals surface area contributed by atoms with Crippen molar-refractivity contribution in [1.29, 1.82) is 0 Å². The number of hydrogen-bond donors (Lipinski definition) is 4. The van der Waals surface area contributed by atoms with Crippen molar-refractivity contribution in [2.75, 3.05) is 26.2 Å². The lowest BCUT2D eigenvalue weighted by molar-refractivity contribution is -0.126. The van der Waals surface area contributed by atoms with E-state index < -0.39 is 0 Å². The topological polar surface area (TPSA) is 90.5 Å². The van der Waals surface area contributed by atoms with E-state index in [1.807, 2.05) is 13.8 Å². The lowest BCUT2D eigenvalue weighted by Crippen LogP contribution is -2.58. The Labute approximate surface area is 94.8 Å². The minimum atomic E-state index is -0.382. The highest BCUT2D eigenvalue weighted by Crippen LogP contribution is 2.11. The predicted molar refractivity (Wildman–Crippen MR) is 58.7 cm³/mol. The first-order valence-corrected chi connectivity index (χ1v) is 5.33. The van der Waals surface area contributed by atoms with Gasteiger partial charge >= 0.3 is 0 Å². The number of aliphatic hydroxyl groups excluding tert-OH is 1. The Morgan fingerprint density at radius 2 is 2.31 bits per heavy atom. The molecule has 0 aliphatic carbocycles. The summed E-state index contributed by atoms with van der Waals surface area (Å²) in [4.78, 5) is 22.5. The van der Waals surface area contributed by atoms with Crippen molar-refractivity contribution < 1.29 is 14.7 Å². The zero-order valence-corrected chi connectivity index (χ0v) is 9.67. The molecule has 1 rings (SSSR count). The van der Waals surface area contributed by atoms with Crippen LogP contribution in [0.2, 0.25) is 0 Å². The third-order valence-electron chi connectivity index (χ3n) is 2.50. The van der Waals surface area contributed by atoms with Gasteiger partial charge in [0.2, 0.25) is 11.8 Å². The van der Waals surface area contributed by atoms with Crippen molar-refractivity contribution in [2.45, 2.75) is 19.9 Å². The van der Waals surface area contributed by atoms with Crippen LogP contribution in [0.25, 0.3) is 0 Å². The molecule has 2 amide bonds. The van der Waals surface area contributed by atoms with E-state index in [1.165, 1.54) is 0 Å². The van der Waals surface area contributed by atoms with Gasteiger partial charge in [-0.25, -0.2) is 0 Å². The fourth-order valence-corrected chi connectivity index (χ4v) is 1.26. The van der Waals surface area contributed by atoms with Gasteiger partial charge in [0.1, 0.15) is 6.04 Å². The Bertz CT molecular complexity index is 268. The predicted octanol–water partition coefficient (Wildman–Crippen LogP) is -1.79. The van der Waals surface area contributed by atoms with Crippen molar-refractivity contribution in [2.24, 2.45) is 5.41 Å². The van der Waals surface area contributed by atoms with Gasteiger partial charge in [-0.1, -0.05) is 13.8 Å². The highest BCUT2D eigenvalue weighted by molar-refractivity contribution is 5.86. The second kappa shape index (κ2) is 5.27. The zero-order chi connectivity index (χ0) is 12.2. The standard InChI is InChI=1S/C10H19N3O3/c1-10(2,6-14)5-13-9(16)7-3-12-8(15)4-11-7/h7,11,14H,3-6H2,1-2H3,(H,12,15)(H,13,16). The van der Waals surface area contributed by atoms with Gasteiger partial charge in [0, 0.05) is 25.1 Å². The Morgan fingerprint density at radius 1 is 1.62 bits per heavy atom. The van der Waals surface area contributed by atoms with Crippen LogP contribution in [0, 0.1) is 5.41 Å². The summed E-state index contributed by atoms with van der Waals surface area (Å²) in [5.41, 5.74) is -0.326. The molecule has 0 radical (unpaired) electrons. The summed E-state index contributed by atoms with van der Waals surface area (Å²) in [6.07, 6.45) is 0. The first-order chi connectivity index (χ1) is 7.44. The molecule has 1 saturated heterocycles. The van der Waals surface area contributed by atoms with Crippen molar-refractivity contribution in [3.05, 3.63) is 0 Å². The average Bonchev–Trinajstić information content (AvgIpc) is 2.27. The summed E-state index contributed by atoms with van der Waals surface area (Å²) in [6, 6.07) is -0.382. The maximum absolute atomic E-state index is 11.7. The molecule has 0 bridgehead atoms. The van der Waals surface area contributed by atoms with Crippen LogP contribution >= 0.6 is 0 Å². The molecule has 92 valence electrons. The number of carbonyl (C=O) groups is 2. The van der Waals surface area contributed by atoms with Crippen molar-refractivity contribution >= 4 is 11.8 Å². The van der Waals surface area contributed by atoms with Crippen molar-refractivity contribution in [3.8, 4) is 0 Å². The molecular weight excluding hydrogens is 210 g/mol. The molecule has 0 aromatic carbocycles. The quantitative estimate of drug-likeness (QED) is 0.458. The summed E-state index contributed by atoms with van der Waals surface area (Å²) in [6.45, 7) is 4.63. The number of aliphatic hydroxyl groups is 1. The zero-order valence-electron chi connectivity index (χ0n) is 9.67. The van der Waals surface area contributed by atoms with E-state index in [-0.39, 0.29) is 36.4 Å². The summed E-state index contributed by atoms with van der Waals surface area (Å²) in [5, 5.41) is 17.2. The van der Waals surface area contributed by atoms with Gasteiger partial charge in [-0.05, 0) is 0 Å². The first-order valence-electron chi connectivity index (χ1n) is 5.33. The van der Waals surface area contributed by atoms with E-state index in [9.17, 15) is 9.59 Å². The van der Waals surface area contributed by atoms with E-state index in [0.717, 1.165) is 0 Å². The third kappa shape index (κ3) is 3.79. The molecule has 1 fully saturated rings. The van der Waals surface area contributed by atoms with Crippen LogP contribution in [-0.2, 0) is 9.59 Å².